The van der Waals surface area contributed by atoms with Gasteiger partial charge in [0.1, 0.15) is 0 Å². The van der Waals surface area contributed by atoms with E-state index in [0.717, 1.165) is 5.70 Å². The summed E-state index contributed by atoms with van der Waals surface area (Å²) in [5.41, 5.74) is 0.654. The molecule has 3 heteroatoms. The molecule has 0 rings (SSSR count). The fourth-order valence-electron chi connectivity index (χ4n) is 1.31. The van der Waals surface area contributed by atoms with Gasteiger partial charge in [-0.25, -0.2) is 0 Å². The van der Waals surface area contributed by atoms with Crippen LogP contribution in [0.1, 0.15) is 41.5 Å². The predicted molar refractivity (Wildman–Crippen MR) is 71.9 cm³/mol. The molecular weight excluding hydrogens is 214 g/mol. The van der Waals surface area contributed by atoms with Crippen molar-refractivity contribution >= 4 is 5.78 Å². The maximum Gasteiger partial charge on any atom is 0.162 e. The topological polar surface area (TPSA) is 38.3 Å². The van der Waals surface area contributed by atoms with Crippen LogP contribution in [0.4, 0.5) is 0 Å². The van der Waals surface area contributed by atoms with Gasteiger partial charge in [-0.05, 0) is 12.8 Å². The second kappa shape index (κ2) is 6.80. The molecule has 1 unspecified atom stereocenters. The van der Waals surface area contributed by atoms with Gasteiger partial charge in [0.2, 0.25) is 0 Å². The first kappa shape index (κ1) is 16.2. The molecular formula is C14H27NO2. The van der Waals surface area contributed by atoms with Crippen molar-refractivity contribution in [1.82, 2.24) is 5.32 Å². The Kier molecular flexibility index (Phi) is 6.46. The van der Waals surface area contributed by atoms with Crippen LogP contribution in [-0.4, -0.2) is 25.5 Å². The molecule has 1 atom stereocenters. The molecule has 0 aromatic carbocycles. The maximum absolute atomic E-state index is 12.0. The lowest BCUT2D eigenvalue weighted by atomic mass is 9.89. The zero-order valence-corrected chi connectivity index (χ0v) is 12.3. The van der Waals surface area contributed by atoms with E-state index in [1.165, 1.54) is 0 Å². The molecule has 0 radical (unpaired) electrons. The van der Waals surface area contributed by atoms with Crippen molar-refractivity contribution in [2.24, 2.45) is 11.3 Å². The van der Waals surface area contributed by atoms with Crippen LogP contribution in [0.15, 0.2) is 11.8 Å². The van der Waals surface area contributed by atoms with E-state index in [2.05, 4.69) is 19.2 Å². The van der Waals surface area contributed by atoms with Crippen molar-refractivity contribution in [3.63, 3.8) is 0 Å². The van der Waals surface area contributed by atoms with E-state index in [9.17, 15) is 4.79 Å². The van der Waals surface area contributed by atoms with Gasteiger partial charge < -0.3 is 10.1 Å². The summed E-state index contributed by atoms with van der Waals surface area (Å²) in [5, 5.41) is 3.34. The molecule has 0 amide bonds. The van der Waals surface area contributed by atoms with Crippen molar-refractivity contribution in [3.8, 4) is 0 Å². The maximum atomic E-state index is 12.0. The molecule has 3 nitrogen and oxygen atoms in total. The van der Waals surface area contributed by atoms with Crippen LogP contribution in [-0.2, 0) is 9.53 Å². The van der Waals surface area contributed by atoms with Crippen LogP contribution in [0.2, 0.25) is 0 Å². The van der Waals surface area contributed by atoms with E-state index in [-0.39, 0.29) is 17.2 Å². The molecule has 0 saturated heterocycles. The first-order chi connectivity index (χ1) is 7.68. The van der Waals surface area contributed by atoms with E-state index in [1.807, 2.05) is 27.7 Å². The Labute approximate surface area is 106 Å². The minimum atomic E-state index is -0.327. The number of ether oxygens (including phenoxy) is 1. The van der Waals surface area contributed by atoms with Gasteiger partial charge in [-0.15, -0.1) is 0 Å². The second-order valence-corrected chi connectivity index (χ2v) is 5.87. The van der Waals surface area contributed by atoms with Crippen molar-refractivity contribution in [3.05, 3.63) is 11.8 Å². The van der Waals surface area contributed by atoms with Crippen LogP contribution < -0.4 is 5.32 Å². The molecule has 0 aromatic heterocycles. The van der Waals surface area contributed by atoms with E-state index >= 15 is 0 Å². The minimum Gasteiger partial charge on any atom is -0.383 e. The number of hydrogen-bond donors (Lipinski definition) is 1. The summed E-state index contributed by atoms with van der Waals surface area (Å²) in [6.45, 7) is 12.6. The highest BCUT2D eigenvalue weighted by molar-refractivity contribution is 5.94. The molecule has 1 N–H and O–H groups in total. The Morgan fingerprint density at radius 3 is 2.18 bits per heavy atom. The highest BCUT2D eigenvalue weighted by Crippen LogP contribution is 2.18. The summed E-state index contributed by atoms with van der Waals surface area (Å²) in [7, 11) is 1.68. The smallest absolute Gasteiger partial charge is 0.162 e. The first-order valence-electron chi connectivity index (χ1n) is 6.20. The Morgan fingerprint density at radius 1 is 1.29 bits per heavy atom. The summed E-state index contributed by atoms with van der Waals surface area (Å²) in [6.07, 6.45) is 1.73. The third-order valence-electron chi connectivity index (χ3n) is 2.48. The standard InChI is InChI=1S/C14H27NO2/c1-10(2)12(15-11(3)9-17-7)8-13(16)14(4,5)6/h8,10-11,15H,9H2,1-7H3. The fraction of sp³-hybridized carbons (Fsp3) is 0.786. The van der Waals surface area contributed by atoms with Gasteiger partial charge in [0, 0.05) is 30.3 Å². The second-order valence-electron chi connectivity index (χ2n) is 5.87. The summed E-state index contributed by atoms with van der Waals surface area (Å²) < 4.78 is 5.08. The van der Waals surface area contributed by atoms with Crippen molar-refractivity contribution < 1.29 is 9.53 Å². The molecule has 0 bridgehead atoms. The molecule has 0 aliphatic rings. The zero-order valence-electron chi connectivity index (χ0n) is 12.3. The molecule has 0 aromatic rings. The van der Waals surface area contributed by atoms with E-state index in [0.29, 0.717) is 12.5 Å². The van der Waals surface area contributed by atoms with Crippen LogP contribution >= 0.6 is 0 Å². The number of allylic oxidation sites excluding steroid dienone is 2. The Balaban J connectivity index is 4.75. The van der Waals surface area contributed by atoms with Gasteiger partial charge in [0.05, 0.1) is 6.61 Å². The fourth-order valence-corrected chi connectivity index (χ4v) is 1.31. The van der Waals surface area contributed by atoms with Gasteiger partial charge in [-0.3, -0.25) is 4.79 Å². The molecule has 0 spiro atoms. The third kappa shape index (κ3) is 6.47. The Hall–Kier alpha value is -0.830. The normalized spacial score (nSPS) is 14.9. The monoisotopic (exact) mass is 241 g/mol. The number of methoxy groups -OCH3 is 1. The van der Waals surface area contributed by atoms with Crippen molar-refractivity contribution in [1.29, 1.82) is 0 Å². The number of hydrogen-bond acceptors (Lipinski definition) is 3. The van der Waals surface area contributed by atoms with Crippen LogP contribution in [0.3, 0.4) is 0 Å². The quantitative estimate of drug-likeness (QED) is 0.727. The van der Waals surface area contributed by atoms with Crippen LogP contribution in [0, 0.1) is 11.3 Å². The van der Waals surface area contributed by atoms with Gasteiger partial charge in [-0.2, -0.15) is 0 Å². The lowest BCUT2D eigenvalue weighted by Crippen LogP contribution is -2.32. The molecule has 0 aliphatic carbocycles. The lowest BCUT2D eigenvalue weighted by Gasteiger charge is -2.22. The molecule has 0 heterocycles. The number of nitrogens with one attached hydrogen (secondary N) is 1. The van der Waals surface area contributed by atoms with Crippen molar-refractivity contribution in [2.45, 2.75) is 47.6 Å². The Morgan fingerprint density at radius 2 is 1.82 bits per heavy atom. The molecule has 17 heavy (non-hydrogen) atoms. The highest BCUT2D eigenvalue weighted by atomic mass is 16.5. The molecule has 0 aliphatic heterocycles. The zero-order chi connectivity index (χ0) is 13.6. The van der Waals surface area contributed by atoms with E-state index in [4.69, 9.17) is 4.74 Å². The number of carbonyl (C=O) groups excluding carboxylic acids is 1. The highest BCUT2D eigenvalue weighted by Gasteiger charge is 2.20. The number of ketones is 1. The Bertz CT molecular complexity index is 274. The summed E-state index contributed by atoms with van der Waals surface area (Å²) in [5.74, 6) is 0.457. The molecule has 0 fully saturated rings. The van der Waals surface area contributed by atoms with Crippen LogP contribution in [0.25, 0.3) is 0 Å². The average molecular weight is 241 g/mol. The molecule has 100 valence electrons. The van der Waals surface area contributed by atoms with Gasteiger partial charge in [0.25, 0.3) is 0 Å². The molecule has 0 saturated carbocycles. The number of carbonyl (C=O) groups is 1. The van der Waals surface area contributed by atoms with Crippen molar-refractivity contribution in [2.75, 3.05) is 13.7 Å². The SMILES string of the molecule is COCC(C)NC(=CC(=O)C(C)(C)C)C(C)C. The van der Waals surface area contributed by atoms with Gasteiger partial charge in [-0.1, -0.05) is 34.6 Å². The largest absolute Gasteiger partial charge is 0.383 e. The summed E-state index contributed by atoms with van der Waals surface area (Å²) >= 11 is 0. The number of rotatable bonds is 6. The lowest BCUT2D eigenvalue weighted by molar-refractivity contribution is -0.121. The van der Waals surface area contributed by atoms with Gasteiger partial charge in [0.15, 0.2) is 5.78 Å². The third-order valence-corrected chi connectivity index (χ3v) is 2.48. The van der Waals surface area contributed by atoms with Gasteiger partial charge >= 0.3 is 0 Å². The predicted octanol–water partition coefficient (Wildman–Crippen LogP) is 2.77. The average Bonchev–Trinajstić information content (AvgIpc) is 2.15. The minimum absolute atomic E-state index is 0.151. The van der Waals surface area contributed by atoms with E-state index < -0.39 is 0 Å². The summed E-state index contributed by atoms with van der Waals surface area (Å²) in [6, 6.07) is 0.210. The van der Waals surface area contributed by atoms with E-state index in [1.54, 1.807) is 13.2 Å². The summed E-state index contributed by atoms with van der Waals surface area (Å²) in [4.78, 5) is 12.0. The first-order valence-corrected chi connectivity index (χ1v) is 6.20. The van der Waals surface area contributed by atoms with Crippen LogP contribution in [0.5, 0.6) is 0 Å².